The molecule has 0 spiro atoms. The van der Waals surface area contributed by atoms with Crippen LogP contribution in [0, 0.1) is 5.92 Å². The number of urea groups is 1. The van der Waals surface area contributed by atoms with E-state index in [0.717, 1.165) is 37.9 Å². The normalized spacial score (nSPS) is 20.9. The van der Waals surface area contributed by atoms with Crippen molar-refractivity contribution < 1.29 is 9.59 Å². The number of rotatable bonds is 4. The molecule has 5 nitrogen and oxygen atoms in total. The van der Waals surface area contributed by atoms with E-state index >= 15 is 0 Å². The van der Waals surface area contributed by atoms with Crippen LogP contribution >= 0.6 is 11.8 Å². The number of nitrogens with zero attached hydrogens (tertiary/aromatic N) is 1. The van der Waals surface area contributed by atoms with Gasteiger partial charge in [0, 0.05) is 29.7 Å². The lowest BCUT2D eigenvalue weighted by Gasteiger charge is -2.32. The number of thioether (sulfide) groups is 1. The van der Waals surface area contributed by atoms with Gasteiger partial charge in [-0.15, -0.1) is 11.8 Å². The first-order valence-electron chi connectivity index (χ1n) is 8.16. The standard InChI is InChI=1S/C17H23N3O2S/c1-23-15-8-6-13(7-9-15)18-16(21)12-3-2-10-20(11-12)17(22)19-14-4-5-14/h6-9,12,14H,2-5,10-11H2,1H3,(H,18,21)(H,19,22). The summed E-state index contributed by atoms with van der Waals surface area (Å²) in [6, 6.07) is 8.17. The summed E-state index contributed by atoms with van der Waals surface area (Å²) in [5.74, 6) is -0.125. The Balaban J connectivity index is 1.54. The molecule has 0 bridgehead atoms. The van der Waals surface area contributed by atoms with Gasteiger partial charge >= 0.3 is 6.03 Å². The van der Waals surface area contributed by atoms with Crippen LogP contribution in [0.4, 0.5) is 10.5 Å². The highest BCUT2D eigenvalue weighted by atomic mass is 32.2. The SMILES string of the molecule is CSc1ccc(NC(=O)C2CCCN(C(=O)NC3CC3)C2)cc1. The fraction of sp³-hybridized carbons (Fsp3) is 0.529. The number of carbonyl (C=O) groups excluding carboxylic acids is 2. The lowest BCUT2D eigenvalue weighted by Crippen LogP contribution is -2.48. The van der Waals surface area contributed by atoms with Crippen molar-refractivity contribution in [1.29, 1.82) is 0 Å². The maximum atomic E-state index is 12.4. The van der Waals surface area contributed by atoms with E-state index in [1.165, 1.54) is 4.90 Å². The van der Waals surface area contributed by atoms with Crippen LogP contribution in [-0.2, 0) is 4.79 Å². The summed E-state index contributed by atoms with van der Waals surface area (Å²) in [4.78, 5) is 27.5. The first-order chi connectivity index (χ1) is 11.2. The Morgan fingerprint density at radius 3 is 2.57 bits per heavy atom. The van der Waals surface area contributed by atoms with E-state index in [-0.39, 0.29) is 17.9 Å². The van der Waals surface area contributed by atoms with Crippen LogP contribution in [0.5, 0.6) is 0 Å². The quantitative estimate of drug-likeness (QED) is 0.833. The zero-order chi connectivity index (χ0) is 16.2. The third kappa shape index (κ3) is 4.41. The molecule has 6 heteroatoms. The van der Waals surface area contributed by atoms with Crippen molar-refractivity contribution in [3.8, 4) is 0 Å². The number of likely N-dealkylation sites (tertiary alicyclic amines) is 1. The molecule has 3 amide bonds. The molecule has 1 saturated heterocycles. The minimum Gasteiger partial charge on any atom is -0.335 e. The second-order valence-electron chi connectivity index (χ2n) is 6.23. The number of nitrogens with one attached hydrogen (secondary N) is 2. The van der Waals surface area contributed by atoms with E-state index in [2.05, 4.69) is 10.6 Å². The highest BCUT2D eigenvalue weighted by Crippen LogP contribution is 2.23. The number of benzene rings is 1. The predicted octanol–water partition coefficient (Wildman–Crippen LogP) is 2.93. The van der Waals surface area contributed by atoms with E-state index in [4.69, 9.17) is 0 Å². The molecule has 0 radical (unpaired) electrons. The van der Waals surface area contributed by atoms with E-state index < -0.39 is 0 Å². The third-order valence-corrected chi connectivity index (χ3v) is 5.09. The maximum Gasteiger partial charge on any atom is 0.317 e. The fourth-order valence-electron chi connectivity index (χ4n) is 2.79. The van der Waals surface area contributed by atoms with Crippen molar-refractivity contribution in [2.75, 3.05) is 24.7 Å². The topological polar surface area (TPSA) is 61.4 Å². The summed E-state index contributed by atoms with van der Waals surface area (Å²) >= 11 is 1.67. The number of hydrogen-bond acceptors (Lipinski definition) is 3. The number of amides is 3. The summed E-state index contributed by atoms with van der Waals surface area (Å²) in [6.45, 7) is 1.25. The second-order valence-corrected chi connectivity index (χ2v) is 7.11. The molecule has 1 aromatic rings. The average Bonchev–Trinajstić information content (AvgIpc) is 3.39. The largest absolute Gasteiger partial charge is 0.335 e. The van der Waals surface area contributed by atoms with E-state index in [0.29, 0.717) is 12.6 Å². The first-order valence-corrected chi connectivity index (χ1v) is 9.38. The average molecular weight is 333 g/mol. The van der Waals surface area contributed by atoms with Gasteiger partial charge in [0.1, 0.15) is 0 Å². The van der Waals surface area contributed by atoms with Crippen LogP contribution < -0.4 is 10.6 Å². The highest BCUT2D eigenvalue weighted by Gasteiger charge is 2.31. The Morgan fingerprint density at radius 1 is 1.17 bits per heavy atom. The number of piperidine rings is 1. The molecule has 1 heterocycles. The first kappa shape index (κ1) is 16.2. The monoisotopic (exact) mass is 333 g/mol. The van der Waals surface area contributed by atoms with Crippen LogP contribution in [0.1, 0.15) is 25.7 Å². The summed E-state index contributed by atoms with van der Waals surface area (Å²) in [6.07, 6.45) is 5.89. The summed E-state index contributed by atoms with van der Waals surface area (Å²) in [7, 11) is 0. The molecular weight excluding hydrogens is 310 g/mol. The van der Waals surface area contributed by atoms with Crippen molar-refractivity contribution in [2.45, 2.75) is 36.6 Å². The number of anilines is 1. The third-order valence-electron chi connectivity index (χ3n) is 4.34. The molecule has 124 valence electrons. The molecular formula is C17H23N3O2S. The second kappa shape index (κ2) is 7.25. The Morgan fingerprint density at radius 2 is 1.91 bits per heavy atom. The van der Waals surface area contributed by atoms with Gasteiger partial charge in [0.25, 0.3) is 0 Å². The molecule has 1 aromatic carbocycles. The molecule has 2 fully saturated rings. The molecule has 3 rings (SSSR count). The predicted molar refractivity (Wildman–Crippen MR) is 92.7 cm³/mol. The van der Waals surface area contributed by atoms with Crippen molar-refractivity contribution in [2.24, 2.45) is 5.92 Å². The molecule has 0 aromatic heterocycles. The lowest BCUT2D eigenvalue weighted by molar-refractivity contribution is -0.121. The molecule has 2 N–H and O–H groups in total. The minimum absolute atomic E-state index is 0.00539. The van der Waals surface area contributed by atoms with Gasteiger partial charge in [-0.05, 0) is 56.2 Å². The van der Waals surface area contributed by atoms with Crippen molar-refractivity contribution in [3.05, 3.63) is 24.3 Å². The zero-order valence-corrected chi connectivity index (χ0v) is 14.2. The number of carbonyl (C=O) groups is 2. The van der Waals surface area contributed by atoms with Gasteiger partial charge in [-0.3, -0.25) is 4.79 Å². The van der Waals surface area contributed by atoms with Crippen molar-refractivity contribution >= 4 is 29.4 Å². The van der Waals surface area contributed by atoms with Crippen LogP contribution in [0.3, 0.4) is 0 Å². The van der Waals surface area contributed by atoms with Gasteiger partial charge in [0.2, 0.25) is 5.91 Å². The molecule has 1 unspecified atom stereocenters. The maximum absolute atomic E-state index is 12.4. The smallest absolute Gasteiger partial charge is 0.317 e. The molecule has 2 aliphatic rings. The molecule has 1 aliphatic heterocycles. The molecule has 1 atom stereocenters. The summed E-state index contributed by atoms with van der Waals surface area (Å²) in [5, 5.41) is 5.97. The van der Waals surface area contributed by atoms with E-state index in [1.54, 1.807) is 16.7 Å². The lowest BCUT2D eigenvalue weighted by atomic mass is 9.97. The van der Waals surface area contributed by atoms with Crippen molar-refractivity contribution in [1.82, 2.24) is 10.2 Å². The van der Waals surface area contributed by atoms with Gasteiger partial charge in [-0.2, -0.15) is 0 Å². The Hall–Kier alpha value is -1.69. The fourth-order valence-corrected chi connectivity index (χ4v) is 3.20. The zero-order valence-electron chi connectivity index (χ0n) is 13.4. The Kier molecular flexibility index (Phi) is 5.10. The van der Waals surface area contributed by atoms with Gasteiger partial charge in [0.05, 0.1) is 5.92 Å². The van der Waals surface area contributed by atoms with Gasteiger partial charge in [0.15, 0.2) is 0 Å². The summed E-state index contributed by atoms with van der Waals surface area (Å²) in [5.41, 5.74) is 0.812. The Labute approximate surface area is 141 Å². The van der Waals surface area contributed by atoms with E-state index in [9.17, 15) is 9.59 Å². The van der Waals surface area contributed by atoms with Crippen LogP contribution in [0.15, 0.2) is 29.2 Å². The highest BCUT2D eigenvalue weighted by molar-refractivity contribution is 7.98. The van der Waals surface area contributed by atoms with Gasteiger partial charge in [-0.1, -0.05) is 0 Å². The minimum atomic E-state index is -0.131. The number of hydrogen-bond donors (Lipinski definition) is 2. The molecule has 23 heavy (non-hydrogen) atoms. The summed E-state index contributed by atoms with van der Waals surface area (Å²) < 4.78 is 0. The van der Waals surface area contributed by atoms with Gasteiger partial charge < -0.3 is 15.5 Å². The molecule has 1 saturated carbocycles. The van der Waals surface area contributed by atoms with Crippen molar-refractivity contribution in [3.63, 3.8) is 0 Å². The Bertz CT molecular complexity index is 572. The van der Waals surface area contributed by atoms with Crippen LogP contribution in [0.25, 0.3) is 0 Å². The van der Waals surface area contributed by atoms with Crippen LogP contribution in [0.2, 0.25) is 0 Å². The van der Waals surface area contributed by atoms with Gasteiger partial charge in [-0.25, -0.2) is 4.79 Å². The van der Waals surface area contributed by atoms with E-state index in [1.807, 2.05) is 30.5 Å². The molecule has 1 aliphatic carbocycles. The van der Waals surface area contributed by atoms with Crippen LogP contribution in [-0.4, -0.2) is 42.2 Å².